The summed E-state index contributed by atoms with van der Waals surface area (Å²) in [6.07, 6.45) is 1.94. The fourth-order valence-electron chi connectivity index (χ4n) is 2.22. The van der Waals surface area contributed by atoms with E-state index in [0.29, 0.717) is 0 Å². The van der Waals surface area contributed by atoms with Gasteiger partial charge in [0.25, 0.3) is 0 Å². The molecule has 0 aliphatic heterocycles. The van der Waals surface area contributed by atoms with Crippen molar-refractivity contribution < 1.29 is 4.74 Å². The Morgan fingerprint density at radius 3 is 2.65 bits per heavy atom. The zero-order chi connectivity index (χ0) is 12.5. The highest BCUT2D eigenvalue weighted by Crippen LogP contribution is 2.54. The fraction of sp³-hybridized carbons (Fsp3) is 0.462. The summed E-state index contributed by atoms with van der Waals surface area (Å²) in [5, 5.41) is 12.5. The van der Waals surface area contributed by atoms with Crippen LogP contribution in [0.1, 0.15) is 24.4 Å². The molecule has 4 heteroatoms. The Labute approximate surface area is 110 Å². The van der Waals surface area contributed by atoms with E-state index in [-0.39, 0.29) is 11.5 Å². The number of rotatable bonds is 4. The number of nitrogens with one attached hydrogen (secondary N) is 1. The quantitative estimate of drug-likeness (QED) is 0.928. The van der Waals surface area contributed by atoms with Crippen LogP contribution in [-0.4, -0.2) is 14.2 Å². The summed E-state index contributed by atoms with van der Waals surface area (Å²) < 4.78 is 6.13. The lowest BCUT2D eigenvalue weighted by Crippen LogP contribution is -2.25. The van der Waals surface area contributed by atoms with E-state index in [4.69, 9.17) is 4.74 Å². The molecule has 0 amide bonds. The third kappa shape index (κ3) is 2.18. The molecule has 3 nitrogen and oxygen atoms in total. The van der Waals surface area contributed by atoms with Crippen molar-refractivity contribution in [3.8, 4) is 11.8 Å². The van der Waals surface area contributed by atoms with E-state index < -0.39 is 0 Å². The Morgan fingerprint density at radius 1 is 1.53 bits per heavy atom. The Hall–Kier alpha value is -1.05. The van der Waals surface area contributed by atoms with Crippen molar-refractivity contribution >= 4 is 15.9 Å². The molecule has 0 spiro atoms. The van der Waals surface area contributed by atoms with Crippen molar-refractivity contribution in [1.82, 2.24) is 5.32 Å². The van der Waals surface area contributed by atoms with E-state index in [1.165, 1.54) is 0 Å². The first-order valence-corrected chi connectivity index (χ1v) is 6.38. The van der Waals surface area contributed by atoms with Crippen LogP contribution in [0.15, 0.2) is 22.7 Å². The number of hydrogen-bond acceptors (Lipinski definition) is 3. The van der Waals surface area contributed by atoms with Crippen LogP contribution >= 0.6 is 15.9 Å². The van der Waals surface area contributed by atoms with Crippen LogP contribution in [-0.2, 0) is 0 Å². The van der Waals surface area contributed by atoms with Crippen LogP contribution in [0.3, 0.4) is 0 Å². The molecule has 1 saturated carbocycles. The SMILES string of the molecule is CNC(c1ccc(OC)c(Br)c1)C1(C#N)CC1. The van der Waals surface area contributed by atoms with Crippen LogP contribution in [0.2, 0.25) is 0 Å². The molecule has 1 atom stereocenters. The molecule has 1 aromatic rings. The topological polar surface area (TPSA) is 45.0 Å². The molecule has 1 fully saturated rings. The maximum atomic E-state index is 9.26. The van der Waals surface area contributed by atoms with Gasteiger partial charge in [-0.25, -0.2) is 0 Å². The van der Waals surface area contributed by atoms with Crippen LogP contribution in [0.25, 0.3) is 0 Å². The zero-order valence-electron chi connectivity index (χ0n) is 9.96. The summed E-state index contributed by atoms with van der Waals surface area (Å²) in [5.41, 5.74) is 0.905. The van der Waals surface area contributed by atoms with E-state index in [1.807, 2.05) is 25.2 Å². The van der Waals surface area contributed by atoms with E-state index in [0.717, 1.165) is 28.6 Å². The number of benzene rings is 1. The number of ether oxygens (including phenoxy) is 1. The van der Waals surface area contributed by atoms with Gasteiger partial charge in [-0.15, -0.1) is 0 Å². The first kappa shape index (κ1) is 12.4. The Balaban J connectivity index is 2.33. The van der Waals surface area contributed by atoms with Gasteiger partial charge in [0.2, 0.25) is 0 Å². The highest BCUT2D eigenvalue weighted by molar-refractivity contribution is 9.10. The minimum absolute atomic E-state index is 0.0923. The Kier molecular flexibility index (Phi) is 3.41. The third-order valence-corrected chi connectivity index (χ3v) is 3.98. The van der Waals surface area contributed by atoms with Gasteiger partial charge in [0.1, 0.15) is 5.75 Å². The van der Waals surface area contributed by atoms with E-state index in [2.05, 4.69) is 27.3 Å². The van der Waals surface area contributed by atoms with Gasteiger partial charge in [0.05, 0.1) is 29.1 Å². The van der Waals surface area contributed by atoms with Crippen LogP contribution in [0.5, 0.6) is 5.75 Å². The number of methoxy groups -OCH3 is 1. The molecule has 90 valence electrons. The largest absolute Gasteiger partial charge is 0.496 e. The third-order valence-electron chi connectivity index (χ3n) is 3.36. The number of nitrogens with zero attached hydrogens (tertiary/aromatic N) is 1. The van der Waals surface area contributed by atoms with Gasteiger partial charge < -0.3 is 10.1 Å². The van der Waals surface area contributed by atoms with Gasteiger partial charge in [0.15, 0.2) is 0 Å². The first-order chi connectivity index (χ1) is 8.16. The van der Waals surface area contributed by atoms with Crippen LogP contribution in [0, 0.1) is 16.7 Å². The van der Waals surface area contributed by atoms with Crippen LogP contribution in [0.4, 0.5) is 0 Å². The summed E-state index contributed by atoms with van der Waals surface area (Å²) in [5.74, 6) is 0.811. The predicted molar refractivity (Wildman–Crippen MR) is 69.8 cm³/mol. The molecular formula is C13H15BrN2O. The minimum Gasteiger partial charge on any atom is -0.496 e. The summed E-state index contributed by atoms with van der Waals surface area (Å²) >= 11 is 3.48. The number of nitriles is 1. The minimum atomic E-state index is -0.219. The summed E-state index contributed by atoms with van der Waals surface area (Å²) in [7, 11) is 3.55. The van der Waals surface area contributed by atoms with Crippen molar-refractivity contribution in [2.75, 3.05) is 14.2 Å². The number of hydrogen-bond donors (Lipinski definition) is 1. The summed E-state index contributed by atoms with van der Waals surface area (Å²) in [6.45, 7) is 0. The highest BCUT2D eigenvalue weighted by Gasteiger charge is 2.50. The van der Waals surface area contributed by atoms with Crippen molar-refractivity contribution in [3.05, 3.63) is 28.2 Å². The molecule has 0 radical (unpaired) electrons. The molecule has 0 saturated heterocycles. The average molecular weight is 295 g/mol. The van der Waals surface area contributed by atoms with E-state index in [1.54, 1.807) is 7.11 Å². The van der Waals surface area contributed by atoms with Crippen molar-refractivity contribution in [3.63, 3.8) is 0 Å². The smallest absolute Gasteiger partial charge is 0.133 e. The molecule has 0 heterocycles. The van der Waals surface area contributed by atoms with E-state index in [9.17, 15) is 5.26 Å². The molecule has 0 aromatic heterocycles. The molecule has 1 N–H and O–H groups in total. The fourth-order valence-corrected chi connectivity index (χ4v) is 2.78. The molecule has 1 aliphatic carbocycles. The molecule has 17 heavy (non-hydrogen) atoms. The lowest BCUT2D eigenvalue weighted by atomic mass is 9.91. The maximum absolute atomic E-state index is 9.26. The lowest BCUT2D eigenvalue weighted by molar-refractivity contribution is 0.409. The van der Waals surface area contributed by atoms with Crippen molar-refractivity contribution in [2.24, 2.45) is 5.41 Å². The molecule has 0 bridgehead atoms. The molecule has 1 unspecified atom stereocenters. The summed E-state index contributed by atoms with van der Waals surface area (Å²) in [4.78, 5) is 0. The van der Waals surface area contributed by atoms with Crippen molar-refractivity contribution in [1.29, 1.82) is 5.26 Å². The Morgan fingerprint density at radius 2 is 2.24 bits per heavy atom. The number of halogens is 1. The second kappa shape index (κ2) is 4.67. The van der Waals surface area contributed by atoms with E-state index >= 15 is 0 Å². The van der Waals surface area contributed by atoms with Crippen molar-refractivity contribution in [2.45, 2.75) is 18.9 Å². The zero-order valence-corrected chi connectivity index (χ0v) is 11.5. The molecule has 1 aromatic carbocycles. The molecule has 2 rings (SSSR count). The second-order valence-corrected chi connectivity index (χ2v) is 5.24. The molecule has 1 aliphatic rings. The normalized spacial score (nSPS) is 18.2. The lowest BCUT2D eigenvalue weighted by Gasteiger charge is -2.22. The van der Waals surface area contributed by atoms with Gasteiger partial charge in [-0.2, -0.15) is 5.26 Å². The highest BCUT2D eigenvalue weighted by atomic mass is 79.9. The molecular weight excluding hydrogens is 280 g/mol. The average Bonchev–Trinajstić information content (AvgIpc) is 3.11. The standard InChI is InChI=1S/C13H15BrN2O/c1-16-12(13(8-15)5-6-13)9-3-4-11(17-2)10(14)7-9/h3-4,7,12,16H,5-6H2,1-2H3. The predicted octanol–water partition coefficient (Wildman–Crippen LogP) is 3.02. The van der Waals surface area contributed by atoms with Gasteiger partial charge >= 0.3 is 0 Å². The first-order valence-electron chi connectivity index (χ1n) is 5.59. The monoisotopic (exact) mass is 294 g/mol. The summed E-state index contributed by atoms with van der Waals surface area (Å²) in [6, 6.07) is 8.50. The second-order valence-electron chi connectivity index (χ2n) is 4.38. The van der Waals surface area contributed by atoms with Crippen LogP contribution < -0.4 is 10.1 Å². The van der Waals surface area contributed by atoms with Gasteiger partial charge in [0, 0.05) is 0 Å². The Bertz CT molecular complexity index is 463. The maximum Gasteiger partial charge on any atom is 0.133 e. The van der Waals surface area contributed by atoms with Gasteiger partial charge in [-0.05, 0) is 53.5 Å². The van der Waals surface area contributed by atoms with Gasteiger partial charge in [-0.1, -0.05) is 6.07 Å². The van der Waals surface area contributed by atoms with Gasteiger partial charge in [-0.3, -0.25) is 0 Å².